The number of nitrogens with zero attached hydrogens (tertiary/aromatic N) is 2. The van der Waals surface area contributed by atoms with Crippen molar-refractivity contribution in [1.29, 1.82) is 0 Å². The molecule has 0 bridgehead atoms. The van der Waals surface area contributed by atoms with Gasteiger partial charge in [-0.3, -0.25) is 4.79 Å². The highest BCUT2D eigenvalue weighted by Gasteiger charge is 2.22. The molecule has 0 saturated carbocycles. The maximum absolute atomic E-state index is 12.1. The van der Waals surface area contributed by atoms with Crippen molar-refractivity contribution in [1.82, 2.24) is 4.90 Å². The largest absolute Gasteiger partial charge is 0.409 e. The first-order valence-electron chi connectivity index (χ1n) is 5.90. The fourth-order valence-electron chi connectivity index (χ4n) is 1.64. The summed E-state index contributed by atoms with van der Waals surface area (Å²) < 4.78 is 0. The van der Waals surface area contributed by atoms with Gasteiger partial charge in [0.05, 0.1) is 5.92 Å². The molecule has 1 aromatic rings. The number of hydrogen-bond acceptors (Lipinski definition) is 3. The molecule has 1 rings (SSSR count). The van der Waals surface area contributed by atoms with Crippen LogP contribution >= 0.6 is 0 Å². The second kappa shape index (κ2) is 6.64. The topological polar surface area (TPSA) is 78.9 Å². The Bertz CT molecular complexity index is 418. The second-order valence-electron chi connectivity index (χ2n) is 4.08. The average molecular weight is 249 g/mol. The molecule has 0 aliphatic rings. The molecule has 0 aliphatic carbocycles. The summed E-state index contributed by atoms with van der Waals surface area (Å²) in [7, 11) is 0. The van der Waals surface area contributed by atoms with Crippen molar-refractivity contribution >= 4 is 11.7 Å². The van der Waals surface area contributed by atoms with Crippen LogP contribution in [0.3, 0.4) is 0 Å². The zero-order chi connectivity index (χ0) is 13.5. The molecule has 0 saturated heterocycles. The smallest absolute Gasteiger partial charge is 0.233 e. The Morgan fingerprint density at radius 3 is 2.56 bits per heavy atom. The zero-order valence-corrected chi connectivity index (χ0v) is 10.7. The summed E-state index contributed by atoms with van der Waals surface area (Å²) in [6.07, 6.45) is 0. The predicted molar refractivity (Wildman–Crippen MR) is 70.1 cm³/mol. The van der Waals surface area contributed by atoms with E-state index < -0.39 is 5.92 Å². The Labute approximate surface area is 107 Å². The van der Waals surface area contributed by atoms with E-state index in [9.17, 15) is 4.79 Å². The van der Waals surface area contributed by atoms with Crippen LogP contribution in [0.15, 0.2) is 35.5 Å². The van der Waals surface area contributed by atoms with Crippen LogP contribution in [0.25, 0.3) is 0 Å². The number of benzene rings is 1. The molecule has 0 fully saturated rings. The number of carbonyl (C=O) groups is 1. The lowest BCUT2D eigenvalue weighted by atomic mass is 10.1. The van der Waals surface area contributed by atoms with Gasteiger partial charge in [-0.15, -0.1) is 0 Å². The lowest BCUT2D eigenvalue weighted by Gasteiger charge is -2.24. The van der Waals surface area contributed by atoms with Gasteiger partial charge in [-0.05, 0) is 19.4 Å². The van der Waals surface area contributed by atoms with Crippen LogP contribution in [-0.2, 0) is 11.3 Å². The minimum atomic E-state index is -0.612. The van der Waals surface area contributed by atoms with Gasteiger partial charge in [-0.2, -0.15) is 0 Å². The third-order valence-electron chi connectivity index (χ3n) is 2.84. The van der Waals surface area contributed by atoms with Gasteiger partial charge in [-0.1, -0.05) is 35.5 Å². The van der Waals surface area contributed by atoms with Crippen LogP contribution in [0, 0.1) is 5.92 Å². The maximum atomic E-state index is 12.1. The highest BCUT2D eigenvalue weighted by molar-refractivity contribution is 6.01. The molecule has 0 spiro atoms. The third-order valence-corrected chi connectivity index (χ3v) is 2.84. The van der Waals surface area contributed by atoms with E-state index >= 15 is 0 Å². The monoisotopic (exact) mass is 249 g/mol. The van der Waals surface area contributed by atoms with Crippen molar-refractivity contribution in [3.8, 4) is 0 Å². The van der Waals surface area contributed by atoms with Crippen LogP contribution < -0.4 is 5.73 Å². The van der Waals surface area contributed by atoms with E-state index in [4.69, 9.17) is 10.9 Å². The molecular formula is C13H19N3O2. The molecule has 5 nitrogen and oxygen atoms in total. The van der Waals surface area contributed by atoms with Gasteiger partial charge in [0, 0.05) is 13.1 Å². The summed E-state index contributed by atoms with van der Waals surface area (Å²) in [5.41, 5.74) is 6.51. The Kier molecular flexibility index (Phi) is 5.17. The Morgan fingerprint density at radius 2 is 2.06 bits per heavy atom. The quantitative estimate of drug-likeness (QED) is 0.358. The Hall–Kier alpha value is -2.04. The minimum absolute atomic E-state index is 0.0634. The fraction of sp³-hybridized carbons (Fsp3) is 0.385. The molecule has 1 atom stereocenters. The van der Waals surface area contributed by atoms with Crippen molar-refractivity contribution in [3.63, 3.8) is 0 Å². The SMILES string of the molecule is CCN(Cc1ccccc1)C(=O)C(C)C(N)=NO. The molecule has 1 aromatic carbocycles. The zero-order valence-electron chi connectivity index (χ0n) is 10.7. The summed E-state index contributed by atoms with van der Waals surface area (Å²) in [5.74, 6) is -0.818. The lowest BCUT2D eigenvalue weighted by Crippen LogP contribution is -2.40. The number of amidine groups is 1. The number of carbonyl (C=O) groups excluding carboxylic acids is 1. The van der Waals surface area contributed by atoms with Crippen molar-refractivity contribution in [2.75, 3.05) is 6.54 Å². The Morgan fingerprint density at radius 1 is 1.44 bits per heavy atom. The van der Waals surface area contributed by atoms with E-state index in [1.807, 2.05) is 37.3 Å². The van der Waals surface area contributed by atoms with Crippen LogP contribution in [0.2, 0.25) is 0 Å². The van der Waals surface area contributed by atoms with E-state index in [1.165, 1.54) is 0 Å². The van der Waals surface area contributed by atoms with Gasteiger partial charge in [0.15, 0.2) is 5.84 Å². The molecule has 0 radical (unpaired) electrons. The number of nitrogens with two attached hydrogens (primary N) is 1. The third kappa shape index (κ3) is 3.48. The summed E-state index contributed by atoms with van der Waals surface area (Å²) in [5, 5.41) is 11.5. The van der Waals surface area contributed by atoms with Crippen LogP contribution in [-0.4, -0.2) is 28.4 Å². The van der Waals surface area contributed by atoms with E-state index in [0.29, 0.717) is 13.1 Å². The second-order valence-corrected chi connectivity index (χ2v) is 4.08. The van der Waals surface area contributed by atoms with E-state index in [0.717, 1.165) is 5.56 Å². The molecular weight excluding hydrogens is 230 g/mol. The predicted octanol–water partition coefficient (Wildman–Crippen LogP) is 1.42. The first-order valence-corrected chi connectivity index (χ1v) is 5.90. The minimum Gasteiger partial charge on any atom is -0.409 e. The molecule has 0 heterocycles. The fourth-order valence-corrected chi connectivity index (χ4v) is 1.64. The first-order chi connectivity index (χ1) is 8.60. The summed E-state index contributed by atoms with van der Waals surface area (Å²) >= 11 is 0. The number of amides is 1. The van der Waals surface area contributed by atoms with Gasteiger partial charge in [0.1, 0.15) is 0 Å². The molecule has 5 heteroatoms. The molecule has 1 unspecified atom stereocenters. The molecule has 0 aliphatic heterocycles. The van der Waals surface area contributed by atoms with Gasteiger partial charge >= 0.3 is 0 Å². The van der Waals surface area contributed by atoms with Crippen molar-refractivity contribution < 1.29 is 10.0 Å². The standard InChI is InChI=1S/C13H19N3O2/c1-3-16(9-11-7-5-4-6-8-11)13(17)10(2)12(14)15-18/h4-8,10,18H,3,9H2,1-2H3,(H2,14,15). The van der Waals surface area contributed by atoms with Gasteiger partial charge < -0.3 is 15.8 Å². The first kappa shape index (κ1) is 14.0. The lowest BCUT2D eigenvalue weighted by molar-refractivity contribution is -0.133. The summed E-state index contributed by atoms with van der Waals surface area (Å²) in [6, 6.07) is 9.72. The highest BCUT2D eigenvalue weighted by atomic mass is 16.4. The van der Waals surface area contributed by atoms with Gasteiger partial charge in [0.25, 0.3) is 0 Å². The normalized spacial score (nSPS) is 13.1. The number of rotatable bonds is 5. The molecule has 98 valence electrons. The van der Waals surface area contributed by atoms with E-state index in [-0.39, 0.29) is 11.7 Å². The van der Waals surface area contributed by atoms with Gasteiger partial charge in [0.2, 0.25) is 5.91 Å². The van der Waals surface area contributed by atoms with Crippen LogP contribution in [0.5, 0.6) is 0 Å². The van der Waals surface area contributed by atoms with Crippen molar-refractivity contribution in [2.24, 2.45) is 16.8 Å². The van der Waals surface area contributed by atoms with Crippen molar-refractivity contribution in [3.05, 3.63) is 35.9 Å². The summed E-state index contributed by atoms with van der Waals surface area (Å²) in [4.78, 5) is 13.8. The highest BCUT2D eigenvalue weighted by Crippen LogP contribution is 2.09. The molecule has 3 N–H and O–H groups in total. The number of hydrogen-bond donors (Lipinski definition) is 2. The van der Waals surface area contributed by atoms with Crippen LogP contribution in [0.4, 0.5) is 0 Å². The molecule has 1 amide bonds. The average Bonchev–Trinajstić information content (AvgIpc) is 2.43. The Balaban J connectivity index is 2.75. The summed E-state index contributed by atoms with van der Waals surface area (Å²) in [6.45, 7) is 4.64. The molecule has 18 heavy (non-hydrogen) atoms. The van der Waals surface area contributed by atoms with E-state index in [2.05, 4.69) is 5.16 Å². The maximum Gasteiger partial charge on any atom is 0.233 e. The van der Waals surface area contributed by atoms with Crippen molar-refractivity contribution in [2.45, 2.75) is 20.4 Å². The van der Waals surface area contributed by atoms with E-state index in [1.54, 1.807) is 11.8 Å². The van der Waals surface area contributed by atoms with Gasteiger partial charge in [-0.25, -0.2) is 0 Å². The molecule has 0 aromatic heterocycles. The number of oxime groups is 1. The van der Waals surface area contributed by atoms with Crippen LogP contribution in [0.1, 0.15) is 19.4 Å².